The van der Waals surface area contributed by atoms with Crippen molar-refractivity contribution in [1.82, 2.24) is 9.97 Å². The van der Waals surface area contributed by atoms with Gasteiger partial charge in [-0.3, -0.25) is 9.80 Å². The predicted molar refractivity (Wildman–Crippen MR) is 475 cm³/mol. The largest absolute Gasteiger partial charge is 0.286 e. The Labute approximate surface area is 674 Å². The van der Waals surface area contributed by atoms with Gasteiger partial charge in [0, 0.05) is 22.7 Å². The molecule has 0 unspecified atom stereocenters. The molecule has 0 amide bonds. The quantitative estimate of drug-likeness (QED) is 0.0633. The smallest absolute Gasteiger partial charge is 0.195 e. The van der Waals surface area contributed by atoms with Crippen molar-refractivity contribution in [2.24, 2.45) is 0 Å². The maximum absolute atomic E-state index is 5.74. The van der Waals surface area contributed by atoms with E-state index in [4.69, 9.17) is 9.97 Å². The van der Waals surface area contributed by atoms with Crippen LogP contribution in [0.15, 0.2) is 473 Å². The number of hydrogen-bond donors (Lipinski definition) is 0. The van der Waals surface area contributed by atoms with Gasteiger partial charge in [0.05, 0.1) is 42.1 Å². The zero-order chi connectivity index (χ0) is 76.1. The van der Waals surface area contributed by atoms with Gasteiger partial charge in [-0.05, 0) is 150 Å². The Morgan fingerprint density at radius 2 is 0.289 bits per heavy atom. The molecule has 0 radical (unpaired) electrons. The Morgan fingerprint density at radius 3 is 0.430 bits per heavy atom. The Balaban J connectivity index is 0.773. The highest BCUT2D eigenvalue weighted by atomic mass is 32.1. The summed E-state index contributed by atoms with van der Waals surface area (Å²) in [4.78, 5) is 16.2. The van der Waals surface area contributed by atoms with Gasteiger partial charge in [-0.1, -0.05) is 435 Å². The summed E-state index contributed by atoms with van der Waals surface area (Å²) in [5.41, 5.74) is 21.9. The molecule has 0 saturated heterocycles. The van der Waals surface area contributed by atoms with Gasteiger partial charge in [0.2, 0.25) is 0 Å². The van der Waals surface area contributed by atoms with Gasteiger partial charge in [0.1, 0.15) is 0 Å². The van der Waals surface area contributed by atoms with Crippen LogP contribution in [0.5, 0.6) is 0 Å². The highest BCUT2D eigenvalue weighted by molar-refractivity contribution is 7.24. The molecule has 4 nitrogen and oxygen atoms in total. The first kappa shape index (κ1) is 70.5. The summed E-state index contributed by atoms with van der Waals surface area (Å²) in [5.74, 6) is 0. The van der Waals surface area contributed by atoms with E-state index in [1.165, 1.54) is 66.8 Å². The zero-order valence-electron chi connectivity index (χ0n) is 62.6. The van der Waals surface area contributed by atoms with Crippen LogP contribution in [0.3, 0.4) is 0 Å². The van der Waals surface area contributed by atoms with Gasteiger partial charge in [-0.25, -0.2) is 9.97 Å². The lowest BCUT2D eigenvalue weighted by molar-refractivity contribution is 0.744. The number of nitrogens with zero attached hydrogens (tertiary/aromatic N) is 4. The molecule has 0 bridgehead atoms. The van der Waals surface area contributed by atoms with Crippen LogP contribution in [0.2, 0.25) is 0 Å². The Kier molecular flexibility index (Phi) is 19.0. The van der Waals surface area contributed by atoms with Crippen molar-refractivity contribution in [1.29, 1.82) is 0 Å². The number of anilines is 6. The predicted octanol–water partition coefficient (Wildman–Crippen LogP) is 27.4. The Morgan fingerprint density at radius 1 is 0.158 bits per heavy atom. The van der Waals surface area contributed by atoms with Gasteiger partial charge >= 0.3 is 0 Å². The van der Waals surface area contributed by atoms with Crippen LogP contribution in [-0.2, 0) is 21.7 Å². The molecule has 0 aliphatic carbocycles. The number of fused-ring (bicyclic) bond motifs is 2. The first-order valence-electron chi connectivity index (χ1n) is 38.9. The Hall–Kier alpha value is -13.9. The molecule has 0 atom stereocenters. The van der Waals surface area contributed by atoms with Crippen LogP contribution in [0.4, 0.5) is 33.0 Å². The maximum Gasteiger partial charge on any atom is 0.195 e. The molecule has 0 N–H and O–H groups in total. The number of thiazole rings is 2. The molecule has 6 heteroatoms. The normalized spacial score (nSPS) is 11.9. The number of rotatable bonds is 22. The van der Waals surface area contributed by atoms with E-state index in [9.17, 15) is 0 Å². The molecular formula is C108H78N4S2. The molecule has 17 aromatic carbocycles. The molecule has 0 aliphatic rings. The average Bonchev–Trinajstić information content (AvgIpc) is 0.977. The van der Waals surface area contributed by atoms with Gasteiger partial charge in [-0.2, -0.15) is 0 Å². The molecule has 0 saturated carbocycles. The highest BCUT2D eigenvalue weighted by Gasteiger charge is 2.43. The lowest BCUT2D eigenvalue weighted by Gasteiger charge is -2.37. The molecule has 0 fully saturated rings. The minimum atomic E-state index is -0.640. The van der Waals surface area contributed by atoms with Crippen molar-refractivity contribution in [3.63, 3.8) is 0 Å². The molecule has 114 heavy (non-hydrogen) atoms. The zero-order valence-corrected chi connectivity index (χ0v) is 64.3. The van der Waals surface area contributed by atoms with Crippen molar-refractivity contribution in [3.8, 4) is 0 Å². The van der Waals surface area contributed by atoms with Crippen LogP contribution in [0.25, 0.3) is 20.4 Å². The summed E-state index contributed by atoms with van der Waals surface area (Å²) < 4.78 is 2.05. The molecule has 19 aromatic rings. The minimum absolute atomic E-state index is 0.640. The molecule has 542 valence electrons. The van der Waals surface area contributed by atoms with E-state index in [-0.39, 0.29) is 0 Å². The lowest BCUT2D eigenvalue weighted by atomic mass is 9.65. The molecule has 19 rings (SSSR count). The summed E-state index contributed by atoms with van der Waals surface area (Å²) >= 11 is 3.37. The summed E-state index contributed by atoms with van der Waals surface area (Å²) in [6.45, 7) is 0. The van der Waals surface area contributed by atoms with E-state index in [0.29, 0.717) is 0 Å². The summed E-state index contributed by atoms with van der Waals surface area (Å²) in [7, 11) is 0. The van der Waals surface area contributed by atoms with Crippen LogP contribution in [0.1, 0.15) is 89.0 Å². The lowest BCUT2D eigenvalue weighted by Crippen LogP contribution is -2.31. The van der Waals surface area contributed by atoms with E-state index in [1.54, 1.807) is 22.7 Å². The van der Waals surface area contributed by atoms with Crippen LogP contribution in [0, 0.1) is 0 Å². The third-order valence-electron chi connectivity index (χ3n) is 23.0. The SMILES string of the molecule is c1ccc(C(c2ccccc2)(c2ccccc2)c2ccc(N(c3ccc(C(c4ccccc4)(c4ccccc4)c4ccccc4)cc3)c3nc4cc5sc(N(c6ccc(C(c7ccccc7)(c7ccccc7)c7ccccc7)cc6)c6ccc(C(c7ccccc7)(c7ccccc7)c7ccccc7)cc6)nc5cc4s3)cc2)cc1. The fourth-order valence-corrected chi connectivity index (χ4v) is 20.0. The topological polar surface area (TPSA) is 32.3 Å². The van der Waals surface area contributed by atoms with Crippen molar-refractivity contribution < 1.29 is 0 Å². The second-order valence-corrected chi connectivity index (χ2v) is 31.0. The summed E-state index contributed by atoms with van der Waals surface area (Å²) in [6.07, 6.45) is 0. The third-order valence-corrected chi connectivity index (χ3v) is 25.0. The van der Waals surface area contributed by atoms with Crippen molar-refractivity contribution in [2.45, 2.75) is 21.7 Å². The molecule has 2 aromatic heterocycles. The number of aromatic nitrogens is 2. The summed E-state index contributed by atoms with van der Waals surface area (Å²) in [5, 5.41) is 1.67. The Bertz CT molecular complexity index is 5210. The second kappa shape index (κ2) is 30.8. The minimum Gasteiger partial charge on any atom is -0.286 e. The molecule has 2 heterocycles. The fourth-order valence-electron chi connectivity index (χ4n) is 18.0. The van der Waals surface area contributed by atoms with Crippen LogP contribution < -0.4 is 9.80 Å². The second-order valence-electron chi connectivity index (χ2n) is 29.0. The molecule has 0 spiro atoms. The van der Waals surface area contributed by atoms with Crippen molar-refractivity contribution in [2.75, 3.05) is 9.80 Å². The van der Waals surface area contributed by atoms with Crippen LogP contribution >= 0.6 is 22.7 Å². The first-order chi connectivity index (χ1) is 56.5. The highest BCUT2D eigenvalue weighted by Crippen LogP contribution is 2.53. The third kappa shape index (κ3) is 12.3. The summed E-state index contributed by atoms with van der Waals surface area (Å²) in [6, 6.07) is 173. The van der Waals surface area contributed by atoms with Crippen molar-refractivity contribution >= 4 is 76.1 Å². The number of benzene rings is 17. The first-order valence-corrected chi connectivity index (χ1v) is 40.6. The van der Waals surface area contributed by atoms with Gasteiger partial charge in [0.25, 0.3) is 0 Å². The van der Waals surface area contributed by atoms with Gasteiger partial charge in [-0.15, -0.1) is 0 Å². The standard InChI is InChI=1S/C108H78N4S2/c1-13-37-79(38-14-1)105(80-39-15-2-16-40-80,81-41-17-3-18-42-81)91-61-69-95(70-62-91)111(96-71-63-92(64-72-96)106(82-43-19-4-20-44-82,83-45-21-5-22-46-83)84-47-23-6-24-48-84)103-109-99-77-102-100(78-101(99)113-103)110-104(114-102)112(97-73-65-93(66-74-97)107(85-49-25-7-26-50-85,86-51-27-8-28-52-86)87-53-29-9-30-54-87)98-75-67-94(68-76-98)108(88-55-31-10-32-56-88,89-57-33-11-34-58-89)90-59-35-12-36-60-90/h1-78H. The maximum atomic E-state index is 5.74. The van der Waals surface area contributed by atoms with Crippen LogP contribution in [-0.4, -0.2) is 9.97 Å². The fraction of sp³-hybridized carbons (Fsp3) is 0.0370. The van der Waals surface area contributed by atoms with E-state index in [1.807, 2.05) is 0 Å². The van der Waals surface area contributed by atoms with E-state index >= 15 is 0 Å². The van der Waals surface area contributed by atoms with Gasteiger partial charge < -0.3 is 0 Å². The average molecular weight is 1500 g/mol. The number of hydrogen-bond acceptors (Lipinski definition) is 6. The molecular weight excluding hydrogens is 1420 g/mol. The van der Waals surface area contributed by atoms with E-state index in [2.05, 4.69) is 483 Å². The van der Waals surface area contributed by atoms with Gasteiger partial charge in [0.15, 0.2) is 10.3 Å². The van der Waals surface area contributed by atoms with E-state index in [0.717, 1.165) is 75.7 Å². The van der Waals surface area contributed by atoms with E-state index < -0.39 is 21.7 Å². The van der Waals surface area contributed by atoms with Crippen molar-refractivity contribution in [3.05, 3.63) is 562 Å². The molecule has 0 aliphatic heterocycles. The monoisotopic (exact) mass is 1490 g/mol.